The van der Waals surface area contributed by atoms with E-state index < -0.39 is 11.7 Å². The number of aryl methyl sites for hydroxylation is 2. The van der Waals surface area contributed by atoms with Gasteiger partial charge in [-0.05, 0) is 65.2 Å². The van der Waals surface area contributed by atoms with Gasteiger partial charge in [0.05, 0.1) is 16.3 Å². The number of carbonyl (C=O) groups is 1. The van der Waals surface area contributed by atoms with Crippen LogP contribution in [0.15, 0.2) is 39.9 Å². The van der Waals surface area contributed by atoms with Crippen LogP contribution in [0.4, 0.5) is 4.39 Å². The molecule has 22 heavy (non-hydrogen) atoms. The van der Waals surface area contributed by atoms with Gasteiger partial charge >= 0.3 is 0 Å². The quantitative estimate of drug-likeness (QED) is 0.644. The number of benzene rings is 2. The Hall–Kier alpha value is -2.21. The molecule has 2 N–H and O–H groups in total. The summed E-state index contributed by atoms with van der Waals surface area (Å²) in [6.45, 7) is 3.60. The lowest BCUT2D eigenvalue weighted by atomic mass is 10.1. The second-order valence-electron chi connectivity index (χ2n) is 4.87. The fraction of sp³-hybridized carbons (Fsp3) is 0.125. The van der Waals surface area contributed by atoms with Gasteiger partial charge in [-0.1, -0.05) is 6.07 Å². The average molecular weight is 365 g/mol. The third kappa shape index (κ3) is 3.71. The number of hydrogen-bond acceptors (Lipinski definition) is 3. The van der Waals surface area contributed by atoms with Crippen LogP contribution in [0.3, 0.4) is 0 Å². The number of phenols is 1. The molecule has 4 nitrogen and oxygen atoms in total. The summed E-state index contributed by atoms with van der Waals surface area (Å²) < 4.78 is 14.2. The molecule has 2 aromatic carbocycles. The van der Waals surface area contributed by atoms with E-state index in [-0.39, 0.29) is 11.3 Å². The molecule has 0 spiro atoms. The average Bonchev–Trinajstić information content (AvgIpc) is 2.43. The SMILES string of the molecule is Cc1ccc(C(=O)N/N=C/c2cc(C)cc(Br)c2O)c(F)c1. The summed E-state index contributed by atoms with van der Waals surface area (Å²) in [5.41, 5.74) is 4.24. The standard InChI is InChI=1S/C16H14BrFN2O2/c1-9-3-4-12(14(18)7-9)16(22)20-19-8-11-5-10(2)6-13(17)15(11)21/h3-8,21H,1-2H3,(H,20,22)/b19-8+. The van der Waals surface area contributed by atoms with Crippen molar-refractivity contribution in [3.8, 4) is 5.75 Å². The van der Waals surface area contributed by atoms with Crippen LogP contribution in [0.5, 0.6) is 5.75 Å². The van der Waals surface area contributed by atoms with Crippen molar-refractivity contribution in [1.82, 2.24) is 5.43 Å². The molecule has 1 amide bonds. The van der Waals surface area contributed by atoms with Crippen LogP contribution in [0.25, 0.3) is 0 Å². The van der Waals surface area contributed by atoms with E-state index in [1.807, 2.05) is 6.92 Å². The lowest BCUT2D eigenvalue weighted by molar-refractivity contribution is 0.0951. The Morgan fingerprint density at radius 2 is 2.00 bits per heavy atom. The van der Waals surface area contributed by atoms with Gasteiger partial charge in [0.2, 0.25) is 0 Å². The molecule has 0 aliphatic heterocycles. The maximum atomic E-state index is 13.7. The van der Waals surface area contributed by atoms with Gasteiger partial charge in [0, 0.05) is 5.56 Å². The van der Waals surface area contributed by atoms with E-state index in [2.05, 4.69) is 26.5 Å². The van der Waals surface area contributed by atoms with Crippen LogP contribution in [0, 0.1) is 19.7 Å². The highest BCUT2D eigenvalue weighted by atomic mass is 79.9. The molecule has 0 radical (unpaired) electrons. The molecule has 114 valence electrons. The van der Waals surface area contributed by atoms with Gasteiger partial charge in [0.1, 0.15) is 11.6 Å². The van der Waals surface area contributed by atoms with Gasteiger partial charge in [-0.15, -0.1) is 0 Å². The van der Waals surface area contributed by atoms with Crippen molar-refractivity contribution < 1.29 is 14.3 Å². The summed E-state index contributed by atoms with van der Waals surface area (Å²) in [4.78, 5) is 11.8. The molecule has 0 atom stereocenters. The van der Waals surface area contributed by atoms with Crippen LogP contribution in [0.2, 0.25) is 0 Å². The number of hydrazone groups is 1. The largest absolute Gasteiger partial charge is 0.506 e. The molecule has 0 aliphatic rings. The number of hydrogen-bond donors (Lipinski definition) is 2. The molecule has 6 heteroatoms. The molecule has 0 unspecified atom stereocenters. The third-order valence-corrected chi connectivity index (χ3v) is 3.58. The molecule has 0 aromatic heterocycles. The minimum Gasteiger partial charge on any atom is -0.506 e. The van der Waals surface area contributed by atoms with E-state index in [0.717, 1.165) is 11.1 Å². The molecular formula is C16H14BrFN2O2. The highest BCUT2D eigenvalue weighted by Gasteiger charge is 2.11. The maximum absolute atomic E-state index is 13.7. The summed E-state index contributed by atoms with van der Waals surface area (Å²) in [7, 11) is 0. The number of nitrogens with zero attached hydrogens (tertiary/aromatic N) is 1. The molecule has 0 saturated heterocycles. The Bertz CT molecular complexity index is 760. The molecule has 2 aromatic rings. The highest BCUT2D eigenvalue weighted by Crippen LogP contribution is 2.28. The number of amides is 1. The highest BCUT2D eigenvalue weighted by molar-refractivity contribution is 9.10. The molecular weight excluding hydrogens is 351 g/mol. The molecule has 0 bridgehead atoms. The number of carbonyl (C=O) groups excluding carboxylic acids is 1. The maximum Gasteiger partial charge on any atom is 0.274 e. The van der Waals surface area contributed by atoms with Gasteiger partial charge in [-0.2, -0.15) is 5.10 Å². The molecule has 0 heterocycles. The van der Waals surface area contributed by atoms with Crippen LogP contribution < -0.4 is 5.43 Å². The van der Waals surface area contributed by atoms with Gasteiger partial charge < -0.3 is 5.11 Å². The summed E-state index contributed by atoms with van der Waals surface area (Å²) in [6.07, 6.45) is 1.30. The van der Waals surface area contributed by atoms with E-state index in [9.17, 15) is 14.3 Å². The minimum atomic E-state index is -0.653. The zero-order chi connectivity index (χ0) is 16.3. The predicted octanol–water partition coefficient (Wildman–Crippen LogP) is 3.67. The topological polar surface area (TPSA) is 61.7 Å². The Labute approximate surface area is 135 Å². The van der Waals surface area contributed by atoms with E-state index in [4.69, 9.17) is 0 Å². The van der Waals surface area contributed by atoms with Crippen LogP contribution in [-0.4, -0.2) is 17.2 Å². The van der Waals surface area contributed by atoms with E-state index in [1.54, 1.807) is 25.1 Å². The Morgan fingerprint density at radius 3 is 2.68 bits per heavy atom. The second-order valence-corrected chi connectivity index (χ2v) is 5.72. The van der Waals surface area contributed by atoms with Crippen molar-refractivity contribution in [1.29, 1.82) is 0 Å². The lowest BCUT2D eigenvalue weighted by Crippen LogP contribution is -2.19. The summed E-state index contributed by atoms with van der Waals surface area (Å²) >= 11 is 3.22. The van der Waals surface area contributed by atoms with Crippen LogP contribution in [0.1, 0.15) is 27.0 Å². The lowest BCUT2D eigenvalue weighted by Gasteiger charge is -2.04. The number of nitrogens with one attached hydrogen (secondary N) is 1. The third-order valence-electron chi connectivity index (χ3n) is 2.98. The van der Waals surface area contributed by atoms with Crippen LogP contribution in [-0.2, 0) is 0 Å². The molecule has 0 fully saturated rings. The van der Waals surface area contributed by atoms with Crippen molar-refractivity contribution in [3.63, 3.8) is 0 Å². The first-order valence-electron chi connectivity index (χ1n) is 6.47. The molecule has 0 saturated carbocycles. The predicted molar refractivity (Wildman–Crippen MR) is 86.7 cm³/mol. The van der Waals surface area contributed by atoms with Crippen molar-refractivity contribution in [3.05, 3.63) is 62.9 Å². The Morgan fingerprint density at radius 1 is 1.27 bits per heavy atom. The first-order valence-corrected chi connectivity index (χ1v) is 7.26. The van der Waals surface area contributed by atoms with Gasteiger partial charge in [-0.25, -0.2) is 9.82 Å². The zero-order valence-corrected chi connectivity index (χ0v) is 13.6. The minimum absolute atomic E-state index is 0.0186. The Kier molecular flexibility index (Phi) is 4.92. The fourth-order valence-electron chi connectivity index (χ4n) is 1.88. The van der Waals surface area contributed by atoms with E-state index >= 15 is 0 Å². The molecule has 0 aliphatic carbocycles. The summed E-state index contributed by atoms with van der Waals surface area (Å²) in [6, 6.07) is 7.79. The number of phenolic OH excluding ortho intramolecular Hbond substituents is 1. The zero-order valence-electron chi connectivity index (χ0n) is 12.0. The summed E-state index contributed by atoms with van der Waals surface area (Å²) in [5, 5.41) is 13.6. The fourth-order valence-corrected chi connectivity index (χ4v) is 2.47. The normalized spacial score (nSPS) is 10.9. The van der Waals surface area contributed by atoms with Crippen molar-refractivity contribution in [2.75, 3.05) is 0 Å². The van der Waals surface area contributed by atoms with Crippen molar-refractivity contribution in [2.24, 2.45) is 5.10 Å². The van der Waals surface area contributed by atoms with Gasteiger partial charge in [0.15, 0.2) is 0 Å². The van der Waals surface area contributed by atoms with Crippen molar-refractivity contribution >= 4 is 28.1 Å². The Balaban J connectivity index is 2.14. The van der Waals surface area contributed by atoms with Gasteiger partial charge in [0.25, 0.3) is 5.91 Å². The number of halogens is 2. The number of rotatable bonds is 3. The molecule has 2 rings (SSSR count). The van der Waals surface area contributed by atoms with Crippen molar-refractivity contribution in [2.45, 2.75) is 13.8 Å². The smallest absolute Gasteiger partial charge is 0.274 e. The first-order chi connectivity index (χ1) is 10.4. The number of aromatic hydroxyl groups is 1. The summed E-state index contributed by atoms with van der Waals surface area (Å²) in [5.74, 6) is -1.24. The first kappa shape index (κ1) is 16.2. The van der Waals surface area contributed by atoms with Crippen LogP contribution >= 0.6 is 15.9 Å². The monoisotopic (exact) mass is 364 g/mol. The second kappa shape index (κ2) is 6.70. The van der Waals surface area contributed by atoms with Gasteiger partial charge in [-0.3, -0.25) is 4.79 Å². The van der Waals surface area contributed by atoms with E-state index in [1.165, 1.54) is 18.3 Å². The van der Waals surface area contributed by atoms with E-state index in [0.29, 0.717) is 10.0 Å².